The third-order valence-corrected chi connectivity index (χ3v) is 4.37. The van der Waals surface area contributed by atoms with Crippen molar-refractivity contribution in [1.29, 1.82) is 0 Å². The van der Waals surface area contributed by atoms with Crippen molar-refractivity contribution in [3.63, 3.8) is 0 Å². The highest BCUT2D eigenvalue weighted by atomic mass is 32.2. The van der Waals surface area contributed by atoms with Crippen molar-refractivity contribution in [3.05, 3.63) is 65.2 Å². The van der Waals surface area contributed by atoms with E-state index >= 15 is 0 Å². The summed E-state index contributed by atoms with van der Waals surface area (Å²) in [4.78, 5) is 24.2. The second-order valence-electron chi connectivity index (χ2n) is 5.23. The van der Waals surface area contributed by atoms with E-state index in [0.29, 0.717) is 0 Å². The van der Waals surface area contributed by atoms with Crippen molar-refractivity contribution >= 4 is 21.9 Å². The van der Waals surface area contributed by atoms with E-state index in [2.05, 4.69) is 8.92 Å². The van der Waals surface area contributed by atoms with Crippen LogP contribution in [0.15, 0.2) is 48.5 Å². The number of ether oxygens (including phenoxy) is 1. The largest absolute Gasteiger partial charge is 0.534 e. The zero-order valence-electron chi connectivity index (χ0n) is 13.8. The van der Waals surface area contributed by atoms with Gasteiger partial charge in [0.1, 0.15) is 0 Å². The lowest BCUT2D eigenvalue weighted by Gasteiger charge is -2.16. The molecule has 2 aromatic rings. The number of rotatable bonds is 6. The zero-order chi connectivity index (χ0) is 20.2. The lowest BCUT2D eigenvalue weighted by molar-refractivity contribution is -0.139. The second kappa shape index (κ2) is 7.78. The Morgan fingerprint density at radius 1 is 1.00 bits per heavy atom. The van der Waals surface area contributed by atoms with Crippen molar-refractivity contribution in [3.8, 4) is 5.75 Å². The monoisotopic (exact) mass is 402 g/mol. The Morgan fingerprint density at radius 2 is 1.63 bits per heavy atom. The minimum Gasteiger partial charge on any atom is -0.469 e. The molecule has 144 valence electrons. The lowest BCUT2D eigenvalue weighted by Crippen LogP contribution is -2.29. The Morgan fingerprint density at radius 3 is 2.19 bits per heavy atom. The van der Waals surface area contributed by atoms with Crippen LogP contribution in [0.1, 0.15) is 21.5 Å². The van der Waals surface area contributed by atoms with E-state index in [4.69, 9.17) is 0 Å². The van der Waals surface area contributed by atoms with Crippen LogP contribution in [0.25, 0.3) is 0 Å². The number of halogens is 3. The molecule has 0 aliphatic rings. The molecule has 0 spiro atoms. The van der Waals surface area contributed by atoms with Gasteiger partial charge in [0, 0.05) is 11.1 Å². The minimum atomic E-state index is -6.06. The molecule has 0 saturated heterocycles. The highest BCUT2D eigenvalue weighted by molar-refractivity contribution is 7.88. The van der Waals surface area contributed by atoms with E-state index < -0.39 is 45.1 Å². The molecule has 2 aromatic carbocycles. The Balaban J connectivity index is 2.61. The van der Waals surface area contributed by atoms with Gasteiger partial charge in [-0.1, -0.05) is 42.5 Å². The van der Waals surface area contributed by atoms with Gasteiger partial charge in [-0.3, -0.25) is 9.59 Å². The smallest absolute Gasteiger partial charge is 0.469 e. The number of alkyl halides is 3. The molecule has 27 heavy (non-hydrogen) atoms. The SMILES string of the molecule is COC(=O)Cc1cccc(C(=O)c2ccccc2)c1OS(=O)(=O)C(F)(F)F. The summed E-state index contributed by atoms with van der Waals surface area (Å²) in [5.74, 6) is -2.49. The van der Waals surface area contributed by atoms with Crippen LogP contribution in [0.2, 0.25) is 0 Å². The van der Waals surface area contributed by atoms with Gasteiger partial charge in [-0.25, -0.2) is 0 Å². The van der Waals surface area contributed by atoms with Crippen molar-refractivity contribution in [2.75, 3.05) is 7.11 Å². The molecule has 0 saturated carbocycles. The summed E-state index contributed by atoms with van der Waals surface area (Å²) >= 11 is 0. The number of methoxy groups -OCH3 is 1. The number of benzene rings is 2. The Labute approximate surface area is 152 Å². The summed E-state index contributed by atoms with van der Waals surface area (Å²) in [5.41, 5.74) is -6.29. The van der Waals surface area contributed by atoms with Gasteiger partial charge in [-0.2, -0.15) is 21.6 Å². The van der Waals surface area contributed by atoms with Gasteiger partial charge in [0.25, 0.3) is 0 Å². The average molecular weight is 402 g/mol. The molecular weight excluding hydrogens is 389 g/mol. The van der Waals surface area contributed by atoms with Gasteiger partial charge in [-0.15, -0.1) is 0 Å². The van der Waals surface area contributed by atoms with E-state index in [1.54, 1.807) is 6.07 Å². The van der Waals surface area contributed by atoms with Crippen molar-refractivity contribution < 1.29 is 40.1 Å². The van der Waals surface area contributed by atoms with Crippen LogP contribution in [0.3, 0.4) is 0 Å². The molecule has 0 amide bonds. The number of carbonyl (C=O) groups is 2. The fourth-order valence-corrected chi connectivity index (χ4v) is 2.64. The summed E-state index contributed by atoms with van der Waals surface area (Å²) < 4.78 is 69.8. The maximum atomic E-state index is 12.7. The van der Waals surface area contributed by atoms with Crippen LogP contribution in [0, 0.1) is 0 Å². The summed E-state index contributed by atoms with van der Waals surface area (Å²) in [7, 11) is -5.01. The van der Waals surface area contributed by atoms with Gasteiger partial charge >= 0.3 is 21.6 Å². The van der Waals surface area contributed by atoms with Crippen LogP contribution >= 0.6 is 0 Å². The number of esters is 1. The molecule has 6 nitrogen and oxygen atoms in total. The third-order valence-electron chi connectivity index (χ3n) is 3.42. The summed E-state index contributed by atoms with van der Waals surface area (Å²) in [6.07, 6.45) is -0.588. The predicted octanol–water partition coefficient (Wildman–Crippen LogP) is 2.86. The van der Waals surface area contributed by atoms with Crippen molar-refractivity contribution in [2.24, 2.45) is 0 Å². The van der Waals surface area contributed by atoms with E-state index in [-0.39, 0.29) is 11.1 Å². The van der Waals surface area contributed by atoms with Crippen LogP contribution in [0.4, 0.5) is 13.2 Å². The van der Waals surface area contributed by atoms with Crippen LogP contribution in [0.5, 0.6) is 5.75 Å². The Kier molecular flexibility index (Phi) is 5.89. The van der Waals surface area contributed by atoms with E-state index in [0.717, 1.165) is 13.2 Å². The van der Waals surface area contributed by atoms with Crippen LogP contribution in [-0.4, -0.2) is 32.8 Å². The van der Waals surface area contributed by atoms with E-state index in [1.807, 2.05) is 0 Å². The van der Waals surface area contributed by atoms with Gasteiger partial charge in [0.2, 0.25) is 0 Å². The summed E-state index contributed by atoms with van der Waals surface area (Å²) in [5, 5.41) is 0. The number of ketones is 1. The maximum absolute atomic E-state index is 12.7. The zero-order valence-corrected chi connectivity index (χ0v) is 14.6. The Bertz CT molecular complexity index is 952. The molecule has 0 heterocycles. The van der Waals surface area contributed by atoms with E-state index in [1.165, 1.54) is 36.4 Å². The molecule has 0 aliphatic carbocycles. The van der Waals surface area contributed by atoms with Gasteiger partial charge in [0.15, 0.2) is 11.5 Å². The first-order valence-electron chi connectivity index (χ1n) is 7.36. The molecule has 0 aromatic heterocycles. The quantitative estimate of drug-likeness (QED) is 0.320. The number of carbonyl (C=O) groups excluding carboxylic acids is 2. The highest BCUT2D eigenvalue weighted by Gasteiger charge is 2.49. The molecule has 0 aliphatic heterocycles. The first kappa shape index (κ1) is 20.4. The molecule has 0 atom stereocenters. The molecule has 0 fully saturated rings. The molecule has 0 bridgehead atoms. The van der Waals surface area contributed by atoms with Crippen LogP contribution < -0.4 is 4.18 Å². The predicted molar refractivity (Wildman–Crippen MR) is 87.6 cm³/mol. The normalized spacial score (nSPS) is 11.7. The second-order valence-corrected chi connectivity index (χ2v) is 6.76. The fourth-order valence-electron chi connectivity index (χ4n) is 2.13. The number of para-hydroxylation sites is 1. The molecule has 0 radical (unpaired) electrons. The lowest BCUT2D eigenvalue weighted by atomic mass is 9.99. The van der Waals surface area contributed by atoms with Gasteiger partial charge in [0.05, 0.1) is 19.1 Å². The van der Waals surface area contributed by atoms with Gasteiger partial charge < -0.3 is 8.92 Å². The highest BCUT2D eigenvalue weighted by Crippen LogP contribution is 2.33. The van der Waals surface area contributed by atoms with Crippen molar-refractivity contribution in [1.82, 2.24) is 0 Å². The minimum absolute atomic E-state index is 0.0991. The third kappa shape index (κ3) is 4.64. The molecule has 0 unspecified atom stereocenters. The molecule has 10 heteroatoms. The summed E-state index contributed by atoms with van der Waals surface area (Å²) in [6.45, 7) is 0. The molecule has 2 rings (SSSR count). The average Bonchev–Trinajstić information content (AvgIpc) is 2.62. The number of hydrogen-bond acceptors (Lipinski definition) is 6. The molecular formula is C17H13F3O6S. The Hall–Kier alpha value is -2.88. The first-order valence-corrected chi connectivity index (χ1v) is 8.77. The maximum Gasteiger partial charge on any atom is 0.534 e. The molecule has 0 N–H and O–H groups in total. The topological polar surface area (TPSA) is 86.7 Å². The fraction of sp³-hybridized carbons (Fsp3) is 0.176. The number of hydrogen-bond donors (Lipinski definition) is 0. The summed E-state index contributed by atoms with van der Waals surface area (Å²) in [6, 6.07) is 11.0. The first-order chi connectivity index (χ1) is 12.6. The standard InChI is InChI=1S/C17H13F3O6S/c1-25-14(21)10-12-8-5-9-13(15(22)11-6-3-2-4-7-11)16(12)26-27(23,24)17(18,19)20/h2-9H,10H2,1H3. The van der Waals surface area contributed by atoms with Gasteiger partial charge in [-0.05, 0) is 6.07 Å². The van der Waals surface area contributed by atoms with Crippen LogP contribution in [-0.2, 0) is 26.1 Å². The van der Waals surface area contributed by atoms with E-state index in [9.17, 15) is 31.2 Å². The van der Waals surface area contributed by atoms with Crippen molar-refractivity contribution in [2.45, 2.75) is 11.9 Å².